The Morgan fingerprint density at radius 2 is 2.38 bits per heavy atom. The fraction of sp³-hybridized carbons (Fsp3) is 0.500. The van der Waals surface area contributed by atoms with Crippen molar-refractivity contribution >= 4 is 11.6 Å². The normalized spacial score (nSPS) is 19.0. The van der Waals surface area contributed by atoms with Gasteiger partial charge < -0.3 is 15.3 Å². The Balaban J connectivity index is 1.95. The number of likely N-dealkylation sites (tertiary alicyclic amines) is 1. The van der Waals surface area contributed by atoms with Crippen molar-refractivity contribution in [1.29, 1.82) is 5.26 Å². The number of carbonyl (C=O) groups excluding carboxylic acids is 1. The van der Waals surface area contributed by atoms with E-state index in [0.29, 0.717) is 18.7 Å². The number of amides is 1. The van der Waals surface area contributed by atoms with Crippen molar-refractivity contribution in [3.63, 3.8) is 0 Å². The highest BCUT2D eigenvalue weighted by atomic mass is 16.3. The third-order valence-corrected chi connectivity index (χ3v) is 3.83. The maximum absolute atomic E-state index is 12.3. The number of anilines is 1. The van der Waals surface area contributed by atoms with E-state index in [2.05, 4.69) is 16.3 Å². The highest BCUT2D eigenvalue weighted by Crippen LogP contribution is 2.26. The summed E-state index contributed by atoms with van der Waals surface area (Å²) in [4.78, 5) is 14.5. The average molecular weight is 287 g/mol. The van der Waals surface area contributed by atoms with E-state index in [0.717, 1.165) is 31.5 Å². The Hall–Kier alpha value is -2.06. The Morgan fingerprint density at radius 1 is 1.57 bits per heavy atom. The van der Waals surface area contributed by atoms with Crippen LogP contribution in [0.4, 0.5) is 5.69 Å². The number of phenols is 1. The molecule has 1 aliphatic rings. The number of benzene rings is 1. The zero-order valence-electron chi connectivity index (χ0n) is 12.3. The smallest absolute Gasteiger partial charge is 0.228 e. The first kappa shape index (κ1) is 15.3. The number of aromatic hydroxyl groups is 1. The molecule has 5 nitrogen and oxygen atoms in total. The fourth-order valence-corrected chi connectivity index (χ4v) is 2.66. The first-order valence-corrected chi connectivity index (χ1v) is 7.30. The van der Waals surface area contributed by atoms with Crippen LogP contribution < -0.4 is 5.32 Å². The number of nitriles is 1. The summed E-state index contributed by atoms with van der Waals surface area (Å²) < 4.78 is 0. The molecule has 2 rings (SSSR count). The van der Waals surface area contributed by atoms with Crippen molar-refractivity contribution in [2.45, 2.75) is 26.2 Å². The number of aryl methyl sites for hydroxylation is 1. The van der Waals surface area contributed by atoms with Crippen LogP contribution in [0.1, 0.15) is 24.8 Å². The summed E-state index contributed by atoms with van der Waals surface area (Å²) in [7, 11) is 0. The first-order chi connectivity index (χ1) is 10.1. The van der Waals surface area contributed by atoms with E-state index in [9.17, 15) is 9.90 Å². The molecule has 1 aromatic rings. The van der Waals surface area contributed by atoms with Crippen LogP contribution in [0.25, 0.3) is 0 Å². The van der Waals surface area contributed by atoms with Crippen LogP contribution in [-0.4, -0.2) is 35.5 Å². The zero-order valence-corrected chi connectivity index (χ0v) is 12.3. The number of hydrogen-bond donors (Lipinski definition) is 2. The van der Waals surface area contributed by atoms with Gasteiger partial charge in [0, 0.05) is 19.5 Å². The van der Waals surface area contributed by atoms with Crippen LogP contribution in [0.3, 0.4) is 0 Å². The summed E-state index contributed by atoms with van der Waals surface area (Å²) in [6.07, 6.45) is 2.30. The molecule has 21 heavy (non-hydrogen) atoms. The molecule has 0 spiro atoms. The zero-order chi connectivity index (χ0) is 15.2. The molecule has 1 amide bonds. The first-order valence-electron chi connectivity index (χ1n) is 7.30. The molecule has 1 fully saturated rings. The number of piperidine rings is 1. The van der Waals surface area contributed by atoms with Crippen LogP contribution in [0.2, 0.25) is 0 Å². The van der Waals surface area contributed by atoms with Gasteiger partial charge >= 0.3 is 0 Å². The van der Waals surface area contributed by atoms with Crippen molar-refractivity contribution in [2.24, 2.45) is 5.92 Å². The Bertz CT molecular complexity index is 551. The van der Waals surface area contributed by atoms with Crippen LogP contribution in [0, 0.1) is 24.2 Å². The largest absolute Gasteiger partial charge is 0.506 e. The molecule has 1 aromatic carbocycles. The van der Waals surface area contributed by atoms with E-state index in [-0.39, 0.29) is 17.6 Å². The van der Waals surface area contributed by atoms with Crippen LogP contribution >= 0.6 is 0 Å². The number of hydrogen-bond acceptors (Lipinski definition) is 4. The minimum absolute atomic E-state index is 0.0594. The third-order valence-electron chi connectivity index (χ3n) is 3.83. The molecule has 0 aliphatic carbocycles. The molecule has 1 atom stereocenters. The van der Waals surface area contributed by atoms with Gasteiger partial charge in [0.25, 0.3) is 0 Å². The Kier molecular flexibility index (Phi) is 5.18. The van der Waals surface area contributed by atoms with Crippen LogP contribution in [0.15, 0.2) is 18.2 Å². The topological polar surface area (TPSA) is 76.4 Å². The molecule has 2 N–H and O–H groups in total. The number of carbonyl (C=O) groups is 1. The highest BCUT2D eigenvalue weighted by molar-refractivity contribution is 5.94. The maximum Gasteiger partial charge on any atom is 0.228 e. The van der Waals surface area contributed by atoms with Crippen molar-refractivity contribution in [3.8, 4) is 11.8 Å². The Labute approximate surface area is 125 Å². The number of nitrogens with zero attached hydrogens (tertiary/aromatic N) is 2. The summed E-state index contributed by atoms with van der Waals surface area (Å²) in [5.74, 6) is -0.0468. The predicted molar refractivity (Wildman–Crippen MR) is 80.9 cm³/mol. The fourth-order valence-electron chi connectivity index (χ4n) is 2.66. The molecule has 5 heteroatoms. The summed E-state index contributed by atoms with van der Waals surface area (Å²) in [6.45, 7) is 4.23. The molecule has 0 saturated carbocycles. The monoisotopic (exact) mass is 287 g/mol. The molecular formula is C16H21N3O2. The van der Waals surface area contributed by atoms with Gasteiger partial charge in [0.1, 0.15) is 5.75 Å². The van der Waals surface area contributed by atoms with Gasteiger partial charge in [-0.15, -0.1) is 0 Å². The molecule has 0 bridgehead atoms. The highest BCUT2D eigenvalue weighted by Gasteiger charge is 2.25. The number of phenolic OH excluding ortho intramolecular Hbond substituents is 1. The minimum Gasteiger partial charge on any atom is -0.506 e. The van der Waals surface area contributed by atoms with Crippen LogP contribution in [0.5, 0.6) is 5.75 Å². The summed E-state index contributed by atoms with van der Waals surface area (Å²) in [6, 6.07) is 7.35. The molecule has 0 radical (unpaired) electrons. The molecule has 1 unspecified atom stereocenters. The van der Waals surface area contributed by atoms with Crippen molar-refractivity contribution < 1.29 is 9.90 Å². The quantitative estimate of drug-likeness (QED) is 0.833. The van der Waals surface area contributed by atoms with Gasteiger partial charge in [-0.05, 0) is 44.0 Å². The van der Waals surface area contributed by atoms with Crippen LogP contribution in [-0.2, 0) is 4.79 Å². The van der Waals surface area contributed by atoms with E-state index in [1.165, 1.54) is 0 Å². The van der Waals surface area contributed by atoms with E-state index in [1.54, 1.807) is 12.1 Å². The molecule has 0 aromatic heterocycles. The van der Waals surface area contributed by atoms with Gasteiger partial charge in [0.05, 0.1) is 17.7 Å². The van der Waals surface area contributed by atoms with Gasteiger partial charge in [0.2, 0.25) is 5.91 Å². The molecular weight excluding hydrogens is 266 g/mol. The molecule has 1 saturated heterocycles. The minimum atomic E-state index is -0.0851. The van der Waals surface area contributed by atoms with Gasteiger partial charge in [-0.25, -0.2) is 0 Å². The average Bonchev–Trinajstić information content (AvgIpc) is 2.48. The molecule has 1 aliphatic heterocycles. The second kappa shape index (κ2) is 7.09. The lowest BCUT2D eigenvalue weighted by Gasteiger charge is -2.31. The van der Waals surface area contributed by atoms with Gasteiger partial charge in [-0.1, -0.05) is 6.07 Å². The predicted octanol–water partition coefficient (Wildman–Crippen LogP) is 2.26. The van der Waals surface area contributed by atoms with Crippen molar-refractivity contribution in [1.82, 2.24) is 4.90 Å². The lowest BCUT2D eigenvalue weighted by molar-refractivity contribution is -0.121. The standard InChI is InChI=1S/C16H21N3O2/c1-12-5-6-14(15(20)10-12)18-16(21)13-4-2-8-19(11-13)9-3-7-17/h5-6,10,13,20H,2-4,8-9,11H2,1H3,(H,18,21). The van der Waals surface area contributed by atoms with Gasteiger partial charge in [0.15, 0.2) is 0 Å². The summed E-state index contributed by atoms with van der Waals surface area (Å²) in [5, 5.41) is 21.3. The molecule has 112 valence electrons. The third kappa shape index (κ3) is 4.20. The lowest BCUT2D eigenvalue weighted by Crippen LogP contribution is -2.41. The Morgan fingerprint density at radius 3 is 3.10 bits per heavy atom. The summed E-state index contributed by atoms with van der Waals surface area (Å²) >= 11 is 0. The summed E-state index contributed by atoms with van der Waals surface area (Å²) in [5.41, 5.74) is 1.41. The number of nitrogens with one attached hydrogen (secondary N) is 1. The van der Waals surface area contributed by atoms with E-state index < -0.39 is 0 Å². The SMILES string of the molecule is Cc1ccc(NC(=O)C2CCCN(CCC#N)C2)c(O)c1. The van der Waals surface area contributed by atoms with E-state index in [1.807, 2.05) is 13.0 Å². The second-order valence-corrected chi connectivity index (χ2v) is 5.56. The maximum atomic E-state index is 12.3. The van der Waals surface area contributed by atoms with E-state index >= 15 is 0 Å². The van der Waals surface area contributed by atoms with E-state index in [4.69, 9.17) is 5.26 Å². The van der Waals surface area contributed by atoms with Gasteiger partial charge in [-0.2, -0.15) is 5.26 Å². The van der Waals surface area contributed by atoms with Crippen molar-refractivity contribution in [2.75, 3.05) is 25.0 Å². The lowest BCUT2D eigenvalue weighted by atomic mass is 9.97. The molecule has 1 heterocycles. The second-order valence-electron chi connectivity index (χ2n) is 5.56. The van der Waals surface area contributed by atoms with Gasteiger partial charge in [-0.3, -0.25) is 4.79 Å². The number of rotatable bonds is 4. The van der Waals surface area contributed by atoms with Crippen molar-refractivity contribution in [3.05, 3.63) is 23.8 Å².